The van der Waals surface area contributed by atoms with Gasteiger partial charge in [0.05, 0.1) is 28.0 Å². The summed E-state index contributed by atoms with van der Waals surface area (Å²) in [6.45, 7) is 2.87. The van der Waals surface area contributed by atoms with Crippen LogP contribution in [0.15, 0.2) is 76.4 Å². The Hall–Kier alpha value is -3.36. The summed E-state index contributed by atoms with van der Waals surface area (Å²) in [6.07, 6.45) is 0. The molecule has 0 spiro atoms. The molecule has 0 unspecified atom stereocenters. The molecule has 3 aromatic carbocycles. The third kappa shape index (κ3) is 4.19. The van der Waals surface area contributed by atoms with E-state index in [9.17, 15) is 17.6 Å². The van der Waals surface area contributed by atoms with E-state index in [0.29, 0.717) is 16.6 Å². The molecule has 0 saturated carbocycles. The summed E-state index contributed by atoms with van der Waals surface area (Å²) in [7, 11) is -3.95. The molecule has 0 aliphatic rings. The van der Waals surface area contributed by atoms with Gasteiger partial charge in [-0.2, -0.15) is 0 Å². The Bertz CT molecular complexity index is 1480. The molecule has 6 nitrogen and oxygen atoms in total. The predicted molar refractivity (Wildman–Crippen MR) is 122 cm³/mol. The number of para-hydroxylation sites is 1. The van der Waals surface area contributed by atoms with Gasteiger partial charge in [0, 0.05) is 0 Å². The van der Waals surface area contributed by atoms with Gasteiger partial charge >= 0.3 is 0 Å². The van der Waals surface area contributed by atoms with Crippen LogP contribution in [0.2, 0.25) is 0 Å². The fourth-order valence-corrected chi connectivity index (χ4v) is 4.69. The zero-order valence-electron chi connectivity index (χ0n) is 17.7. The van der Waals surface area contributed by atoms with Gasteiger partial charge in [-0.15, -0.1) is 0 Å². The first-order valence-corrected chi connectivity index (χ1v) is 11.5. The van der Waals surface area contributed by atoms with Crippen LogP contribution in [0, 0.1) is 13.8 Å². The van der Waals surface area contributed by atoms with Crippen LogP contribution >= 0.6 is 0 Å². The van der Waals surface area contributed by atoms with E-state index in [1.54, 1.807) is 24.3 Å². The van der Waals surface area contributed by atoms with Gasteiger partial charge in [-0.05, 0) is 55.3 Å². The maximum atomic E-state index is 13.4. The van der Waals surface area contributed by atoms with E-state index in [0.717, 1.165) is 11.1 Å². The Morgan fingerprint density at radius 2 is 1.78 bits per heavy atom. The highest BCUT2D eigenvalue weighted by molar-refractivity contribution is 7.89. The Kier molecular flexibility index (Phi) is 5.90. The lowest BCUT2D eigenvalue weighted by atomic mass is 10.1. The summed E-state index contributed by atoms with van der Waals surface area (Å²) in [5, 5.41) is 0.440. The SMILES string of the molecule is Cc1ccc(-n2c(CNS(=O)(=O)c3cccc(CF)c3)nc3ccccc3c2=O)c(C)c1. The van der Waals surface area contributed by atoms with Crippen LogP contribution in [0.4, 0.5) is 4.39 Å². The van der Waals surface area contributed by atoms with E-state index < -0.39 is 16.7 Å². The molecular weight excluding hydrogens is 429 g/mol. The number of nitrogens with one attached hydrogen (secondary N) is 1. The average molecular weight is 452 g/mol. The highest BCUT2D eigenvalue weighted by Gasteiger charge is 2.19. The fourth-order valence-electron chi connectivity index (χ4n) is 3.64. The van der Waals surface area contributed by atoms with Crippen LogP contribution in [0.25, 0.3) is 16.6 Å². The highest BCUT2D eigenvalue weighted by atomic mass is 32.2. The van der Waals surface area contributed by atoms with Crippen molar-refractivity contribution in [3.05, 3.63) is 99.6 Å². The first kappa shape index (κ1) is 21.9. The number of hydrogen-bond acceptors (Lipinski definition) is 4. The predicted octanol–water partition coefficient (Wildman–Crippen LogP) is 3.95. The molecule has 8 heteroatoms. The number of nitrogens with zero attached hydrogens (tertiary/aromatic N) is 2. The summed E-state index contributed by atoms with van der Waals surface area (Å²) in [4.78, 5) is 17.9. The molecule has 0 amide bonds. The zero-order chi connectivity index (χ0) is 22.9. The quantitative estimate of drug-likeness (QED) is 0.481. The van der Waals surface area contributed by atoms with E-state index >= 15 is 0 Å². The zero-order valence-corrected chi connectivity index (χ0v) is 18.5. The van der Waals surface area contributed by atoms with Crippen LogP contribution in [-0.4, -0.2) is 18.0 Å². The Balaban J connectivity index is 1.82. The summed E-state index contributed by atoms with van der Waals surface area (Å²) < 4.78 is 42.6. The van der Waals surface area contributed by atoms with E-state index in [1.807, 2.05) is 32.0 Å². The molecule has 4 aromatic rings. The number of aryl methyl sites for hydroxylation is 2. The van der Waals surface area contributed by atoms with Crippen molar-refractivity contribution in [2.24, 2.45) is 0 Å². The normalized spacial score (nSPS) is 11.7. The summed E-state index contributed by atoms with van der Waals surface area (Å²) >= 11 is 0. The standard InChI is InChI=1S/C24H22FN3O3S/c1-16-10-11-22(17(2)12-16)28-23(27-21-9-4-3-8-20(21)24(28)29)15-26-32(30,31)19-7-5-6-18(13-19)14-25/h3-13,26H,14-15H2,1-2H3. The molecule has 0 aliphatic heterocycles. The molecule has 164 valence electrons. The molecule has 0 aliphatic carbocycles. The van der Waals surface area contributed by atoms with Crippen LogP contribution in [-0.2, 0) is 23.2 Å². The molecule has 1 aromatic heterocycles. The second kappa shape index (κ2) is 8.64. The molecule has 1 N–H and O–H groups in total. The number of benzene rings is 3. The molecule has 0 radical (unpaired) electrons. The van der Waals surface area contributed by atoms with Crippen molar-refractivity contribution in [3.63, 3.8) is 0 Å². The van der Waals surface area contributed by atoms with Crippen molar-refractivity contribution in [3.8, 4) is 5.69 Å². The van der Waals surface area contributed by atoms with Crippen molar-refractivity contribution >= 4 is 20.9 Å². The smallest absolute Gasteiger partial charge is 0.266 e. The first-order valence-electron chi connectivity index (χ1n) is 10.0. The number of sulfonamides is 1. The number of fused-ring (bicyclic) bond motifs is 1. The maximum Gasteiger partial charge on any atom is 0.266 e. The molecule has 4 rings (SSSR count). The number of alkyl halides is 1. The van der Waals surface area contributed by atoms with Gasteiger partial charge in [-0.1, -0.05) is 42.0 Å². The van der Waals surface area contributed by atoms with Gasteiger partial charge in [0.1, 0.15) is 12.5 Å². The number of hydrogen-bond donors (Lipinski definition) is 1. The van der Waals surface area contributed by atoms with Gasteiger partial charge in [0.25, 0.3) is 5.56 Å². The van der Waals surface area contributed by atoms with Gasteiger partial charge in [-0.25, -0.2) is 22.5 Å². The molecule has 32 heavy (non-hydrogen) atoms. The first-order chi connectivity index (χ1) is 15.3. The highest BCUT2D eigenvalue weighted by Crippen LogP contribution is 2.19. The molecule has 0 saturated heterocycles. The number of rotatable bonds is 6. The van der Waals surface area contributed by atoms with E-state index in [2.05, 4.69) is 9.71 Å². The van der Waals surface area contributed by atoms with Crippen molar-refractivity contribution < 1.29 is 12.8 Å². The van der Waals surface area contributed by atoms with Crippen LogP contribution in [0.1, 0.15) is 22.5 Å². The van der Waals surface area contributed by atoms with Gasteiger partial charge in [-0.3, -0.25) is 9.36 Å². The topological polar surface area (TPSA) is 81.1 Å². The minimum absolute atomic E-state index is 0.0474. The molecule has 0 fully saturated rings. The lowest BCUT2D eigenvalue weighted by Crippen LogP contribution is -2.30. The second-order valence-corrected chi connectivity index (χ2v) is 9.35. The van der Waals surface area contributed by atoms with Gasteiger partial charge in [0.2, 0.25) is 10.0 Å². The molecule has 1 heterocycles. The van der Waals surface area contributed by atoms with Crippen LogP contribution in [0.3, 0.4) is 0 Å². The Morgan fingerprint density at radius 3 is 2.53 bits per heavy atom. The van der Waals surface area contributed by atoms with Gasteiger partial charge < -0.3 is 0 Å². The van der Waals surface area contributed by atoms with Crippen molar-refractivity contribution in [2.45, 2.75) is 32.0 Å². The average Bonchev–Trinajstić information content (AvgIpc) is 2.79. The Labute approximate surface area is 185 Å². The van der Waals surface area contributed by atoms with E-state index in [-0.39, 0.29) is 28.4 Å². The molecule has 0 atom stereocenters. The minimum Gasteiger partial charge on any atom is -0.268 e. The van der Waals surface area contributed by atoms with Crippen LogP contribution in [0.5, 0.6) is 0 Å². The summed E-state index contributed by atoms with van der Waals surface area (Å²) in [5.74, 6) is 0.255. The fraction of sp³-hybridized carbons (Fsp3) is 0.167. The van der Waals surface area contributed by atoms with E-state index in [1.165, 1.54) is 28.8 Å². The Morgan fingerprint density at radius 1 is 1.00 bits per heavy atom. The third-order valence-corrected chi connectivity index (χ3v) is 6.62. The summed E-state index contributed by atoms with van der Waals surface area (Å²) in [6, 6.07) is 18.3. The van der Waals surface area contributed by atoms with Gasteiger partial charge in [0.15, 0.2) is 0 Å². The second-order valence-electron chi connectivity index (χ2n) is 7.58. The van der Waals surface area contributed by atoms with Crippen molar-refractivity contribution in [2.75, 3.05) is 0 Å². The monoisotopic (exact) mass is 451 g/mol. The lowest BCUT2D eigenvalue weighted by molar-refractivity contribution is 0.484. The minimum atomic E-state index is -3.95. The third-order valence-electron chi connectivity index (χ3n) is 5.22. The summed E-state index contributed by atoms with van der Waals surface area (Å²) in [5.41, 5.74) is 3.01. The molecular formula is C24H22FN3O3S. The largest absolute Gasteiger partial charge is 0.268 e. The van der Waals surface area contributed by atoms with Crippen molar-refractivity contribution in [1.82, 2.24) is 14.3 Å². The van der Waals surface area contributed by atoms with Crippen LogP contribution < -0.4 is 10.3 Å². The van der Waals surface area contributed by atoms with Crippen molar-refractivity contribution in [1.29, 1.82) is 0 Å². The molecule has 0 bridgehead atoms. The maximum absolute atomic E-state index is 13.4. The lowest BCUT2D eigenvalue weighted by Gasteiger charge is -2.16. The number of aromatic nitrogens is 2. The van der Waals surface area contributed by atoms with E-state index in [4.69, 9.17) is 0 Å². The number of halogens is 1.